The summed E-state index contributed by atoms with van der Waals surface area (Å²) in [6, 6.07) is 0. The molecule has 1 aromatic heterocycles. The van der Waals surface area contributed by atoms with Gasteiger partial charge < -0.3 is 4.90 Å². The van der Waals surface area contributed by atoms with Gasteiger partial charge in [0.1, 0.15) is 0 Å². The summed E-state index contributed by atoms with van der Waals surface area (Å²) < 4.78 is -0.502. The summed E-state index contributed by atoms with van der Waals surface area (Å²) in [5, 5.41) is 1.95. The molecule has 1 aromatic rings. The number of hydrogen-bond donors (Lipinski definition) is 0. The number of carbonyl (C=O) groups is 1. The minimum absolute atomic E-state index is 0.0606. The van der Waals surface area contributed by atoms with Gasteiger partial charge in [0.15, 0.2) is 0 Å². The first kappa shape index (κ1) is 11.7. The van der Waals surface area contributed by atoms with E-state index in [4.69, 9.17) is 0 Å². The predicted octanol–water partition coefficient (Wildman–Crippen LogP) is 2.28. The second-order valence-electron chi connectivity index (χ2n) is 3.61. The van der Waals surface area contributed by atoms with Crippen molar-refractivity contribution in [2.24, 2.45) is 0 Å². The topological polar surface area (TPSA) is 33.2 Å². The Bertz CT molecular complexity index is 305. The number of aromatic nitrogens is 1. The highest BCUT2D eigenvalue weighted by molar-refractivity contribution is 9.10. The first-order valence-electron chi connectivity index (χ1n) is 4.23. The molecule has 0 aliphatic carbocycles. The van der Waals surface area contributed by atoms with Crippen LogP contribution in [0.1, 0.15) is 19.5 Å². The van der Waals surface area contributed by atoms with Crippen LogP contribution in [0.2, 0.25) is 0 Å². The minimum Gasteiger partial charge on any atom is -0.339 e. The average Bonchev–Trinajstić information content (AvgIpc) is 2.53. The largest absolute Gasteiger partial charge is 0.339 e. The van der Waals surface area contributed by atoms with E-state index >= 15 is 0 Å². The van der Waals surface area contributed by atoms with Gasteiger partial charge in [0.05, 0.1) is 22.1 Å². The Morgan fingerprint density at radius 3 is 2.79 bits per heavy atom. The first-order chi connectivity index (χ1) is 6.41. The van der Waals surface area contributed by atoms with Crippen molar-refractivity contribution in [3.63, 3.8) is 0 Å². The molecule has 5 heteroatoms. The zero-order chi connectivity index (χ0) is 10.8. The van der Waals surface area contributed by atoms with E-state index in [9.17, 15) is 4.79 Å². The van der Waals surface area contributed by atoms with Crippen LogP contribution in [0.25, 0.3) is 0 Å². The molecule has 0 aliphatic heterocycles. The molecule has 3 nitrogen and oxygen atoms in total. The number of hydrogen-bond acceptors (Lipinski definition) is 3. The van der Waals surface area contributed by atoms with Gasteiger partial charge in [-0.3, -0.25) is 4.79 Å². The van der Waals surface area contributed by atoms with Crippen LogP contribution in [0.4, 0.5) is 0 Å². The number of nitrogens with zero attached hydrogens (tertiary/aromatic N) is 2. The highest BCUT2D eigenvalue weighted by Gasteiger charge is 2.27. The highest BCUT2D eigenvalue weighted by Crippen LogP contribution is 2.19. The summed E-state index contributed by atoms with van der Waals surface area (Å²) in [6.45, 7) is 4.25. The lowest BCUT2D eigenvalue weighted by Gasteiger charge is -2.23. The number of amides is 1. The van der Waals surface area contributed by atoms with Crippen molar-refractivity contribution < 1.29 is 4.79 Å². The van der Waals surface area contributed by atoms with E-state index in [0.717, 1.165) is 5.69 Å². The molecular weight excluding hydrogens is 264 g/mol. The zero-order valence-electron chi connectivity index (χ0n) is 8.45. The molecule has 1 rings (SSSR count). The normalized spacial score (nSPS) is 11.4. The van der Waals surface area contributed by atoms with E-state index in [1.807, 2.05) is 19.2 Å². The second kappa shape index (κ2) is 4.40. The average molecular weight is 277 g/mol. The zero-order valence-corrected chi connectivity index (χ0v) is 10.9. The number of alkyl halides is 1. The molecule has 0 saturated carbocycles. The predicted molar refractivity (Wildman–Crippen MR) is 61.6 cm³/mol. The van der Waals surface area contributed by atoms with Crippen molar-refractivity contribution in [1.29, 1.82) is 0 Å². The molecule has 0 N–H and O–H groups in total. The Hall–Kier alpha value is -0.420. The lowest BCUT2D eigenvalue weighted by molar-refractivity contribution is -0.132. The fourth-order valence-electron chi connectivity index (χ4n) is 1.08. The van der Waals surface area contributed by atoms with E-state index < -0.39 is 4.32 Å². The SMILES string of the molecule is CN(Cc1cscn1)C(=O)C(C)(C)Br. The van der Waals surface area contributed by atoms with Gasteiger partial charge in [-0.1, -0.05) is 15.9 Å². The summed E-state index contributed by atoms with van der Waals surface area (Å²) in [5.41, 5.74) is 2.70. The third kappa shape index (κ3) is 3.06. The fourth-order valence-corrected chi connectivity index (χ4v) is 1.94. The van der Waals surface area contributed by atoms with Crippen molar-refractivity contribution in [1.82, 2.24) is 9.88 Å². The van der Waals surface area contributed by atoms with Gasteiger partial charge in [0.2, 0.25) is 5.91 Å². The molecule has 0 spiro atoms. The van der Waals surface area contributed by atoms with Crippen LogP contribution in [0.5, 0.6) is 0 Å². The standard InChI is InChI=1S/C9H13BrN2OS/c1-9(2,10)8(13)12(3)4-7-5-14-6-11-7/h5-6H,4H2,1-3H3. The summed E-state index contributed by atoms with van der Waals surface area (Å²) in [5.74, 6) is 0.0606. The van der Waals surface area contributed by atoms with Gasteiger partial charge in [-0.25, -0.2) is 4.98 Å². The van der Waals surface area contributed by atoms with Crippen LogP contribution < -0.4 is 0 Å². The Kier molecular flexibility index (Phi) is 3.66. The molecule has 0 bridgehead atoms. The molecule has 0 aliphatic rings. The Labute approximate surface area is 96.3 Å². The minimum atomic E-state index is -0.502. The van der Waals surface area contributed by atoms with Crippen LogP contribution in [0.15, 0.2) is 10.9 Å². The Balaban J connectivity index is 2.59. The molecule has 1 amide bonds. The maximum absolute atomic E-state index is 11.7. The van der Waals surface area contributed by atoms with E-state index in [0.29, 0.717) is 6.54 Å². The van der Waals surface area contributed by atoms with Crippen molar-refractivity contribution >= 4 is 33.2 Å². The third-order valence-corrected chi connectivity index (χ3v) is 2.71. The van der Waals surface area contributed by atoms with Crippen LogP contribution in [0.3, 0.4) is 0 Å². The van der Waals surface area contributed by atoms with Crippen LogP contribution >= 0.6 is 27.3 Å². The molecule has 78 valence electrons. The molecule has 0 radical (unpaired) electrons. The van der Waals surface area contributed by atoms with Gasteiger partial charge in [0.25, 0.3) is 0 Å². The highest BCUT2D eigenvalue weighted by atomic mass is 79.9. The van der Waals surface area contributed by atoms with Gasteiger partial charge in [-0.15, -0.1) is 11.3 Å². The lowest BCUT2D eigenvalue weighted by Crippen LogP contribution is -2.38. The molecule has 0 unspecified atom stereocenters. The van der Waals surface area contributed by atoms with E-state index in [1.165, 1.54) is 11.3 Å². The Morgan fingerprint density at radius 2 is 2.36 bits per heavy atom. The number of thiazole rings is 1. The maximum Gasteiger partial charge on any atom is 0.238 e. The number of carbonyl (C=O) groups excluding carboxylic acids is 1. The summed E-state index contributed by atoms with van der Waals surface area (Å²) >= 11 is 4.88. The quantitative estimate of drug-likeness (QED) is 0.794. The van der Waals surface area contributed by atoms with Gasteiger partial charge in [0, 0.05) is 12.4 Å². The smallest absolute Gasteiger partial charge is 0.238 e. The number of halogens is 1. The van der Waals surface area contributed by atoms with Crippen molar-refractivity contribution in [2.45, 2.75) is 24.7 Å². The monoisotopic (exact) mass is 276 g/mol. The van der Waals surface area contributed by atoms with Crippen molar-refractivity contribution in [2.75, 3.05) is 7.05 Å². The third-order valence-electron chi connectivity index (χ3n) is 1.74. The van der Waals surface area contributed by atoms with Crippen LogP contribution in [-0.2, 0) is 11.3 Å². The number of rotatable bonds is 3. The fraction of sp³-hybridized carbons (Fsp3) is 0.556. The molecule has 1 heterocycles. The summed E-state index contributed by atoms with van der Waals surface area (Å²) in [4.78, 5) is 17.5. The van der Waals surface area contributed by atoms with Gasteiger partial charge in [-0.2, -0.15) is 0 Å². The molecular formula is C9H13BrN2OS. The van der Waals surface area contributed by atoms with Crippen LogP contribution in [0, 0.1) is 0 Å². The molecule has 0 fully saturated rings. The maximum atomic E-state index is 11.7. The molecule has 0 atom stereocenters. The molecule has 0 saturated heterocycles. The Morgan fingerprint density at radius 1 is 1.71 bits per heavy atom. The van der Waals surface area contributed by atoms with E-state index in [1.54, 1.807) is 17.5 Å². The lowest BCUT2D eigenvalue weighted by atomic mass is 10.2. The summed E-state index contributed by atoms with van der Waals surface area (Å²) in [7, 11) is 1.78. The molecule has 14 heavy (non-hydrogen) atoms. The first-order valence-corrected chi connectivity index (χ1v) is 5.96. The van der Waals surface area contributed by atoms with Gasteiger partial charge in [-0.05, 0) is 13.8 Å². The van der Waals surface area contributed by atoms with E-state index in [-0.39, 0.29) is 5.91 Å². The molecule has 0 aromatic carbocycles. The van der Waals surface area contributed by atoms with Crippen LogP contribution in [-0.4, -0.2) is 27.2 Å². The van der Waals surface area contributed by atoms with Gasteiger partial charge >= 0.3 is 0 Å². The summed E-state index contributed by atoms with van der Waals surface area (Å²) in [6.07, 6.45) is 0. The van der Waals surface area contributed by atoms with E-state index in [2.05, 4.69) is 20.9 Å². The second-order valence-corrected chi connectivity index (χ2v) is 6.31. The van der Waals surface area contributed by atoms with Crippen molar-refractivity contribution in [3.05, 3.63) is 16.6 Å². The van der Waals surface area contributed by atoms with Crippen molar-refractivity contribution in [3.8, 4) is 0 Å².